The normalized spacial score (nSPS) is 11.5. The molecule has 2 N–H and O–H groups in total. The molecule has 2 rings (SSSR count). The minimum atomic E-state index is -3.73. The number of nitrogens with one attached hydrogen (secondary N) is 2. The summed E-state index contributed by atoms with van der Waals surface area (Å²) < 4.78 is 51.1. The van der Waals surface area contributed by atoms with Crippen LogP contribution in [0.2, 0.25) is 0 Å². The fourth-order valence-corrected chi connectivity index (χ4v) is 3.61. The summed E-state index contributed by atoms with van der Waals surface area (Å²) in [5.41, 5.74) is 0.350. The van der Waals surface area contributed by atoms with Gasteiger partial charge in [0.1, 0.15) is 6.61 Å². The number of hydrogen-bond acceptors (Lipinski definition) is 5. The molecule has 152 valence electrons. The molecule has 0 saturated heterocycles. The maximum Gasteiger partial charge on any atom is 0.255 e. The van der Waals surface area contributed by atoms with Crippen molar-refractivity contribution in [2.24, 2.45) is 0 Å². The predicted octanol–water partition coefficient (Wildman–Crippen LogP) is 2.79. The summed E-state index contributed by atoms with van der Waals surface area (Å²) in [4.78, 5) is 12.4. The van der Waals surface area contributed by atoms with E-state index in [0.717, 1.165) is 6.07 Å². The van der Waals surface area contributed by atoms with Crippen LogP contribution in [0.15, 0.2) is 47.4 Å². The van der Waals surface area contributed by atoms with Crippen LogP contribution in [0.4, 0.5) is 10.1 Å². The third-order valence-electron chi connectivity index (χ3n) is 3.53. The summed E-state index contributed by atoms with van der Waals surface area (Å²) in [7, 11) is -2.22. The van der Waals surface area contributed by atoms with Gasteiger partial charge in [0.15, 0.2) is 11.6 Å². The van der Waals surface area contributed by atoms with Gasteiger partial charge in [-0.15, -0.1) is 0 Å². The molecule has 0 aromatic heterocycles. The van der Waals surface area contributed by atoms with Gasteiger partial charge in [0.25, 0.3) is 5.91 Å². The highest BCUT2D eigenvalue weighted by Crippen LogP contribution is 2.22. The lowest BCUT2D eigenvalue weighted by Gasteiger charge is -2.11. The molecular weight excluding hydrogens is 387 g/mol. The molecule has 1 amide bonds. The first kappa shape index (κ1) is 21.8. The van der Waals surface area contributed by atoms with Gasteiger partial charge in [0, 0.05) is 30.5 Å². The summed E-state index contributed by atoms with van der Waals surface area (Å²) in [6.45, 7) is 3.92. The van der Waals surface area contributed by atoms with Crippen molar-refractivity contribution < 1.29 is 27.1 Å². The fourth-order valence-electron chi connectivity index (χ4n) is 2.32. The summed E-state index contributed by atoms with van der Waals surface area (Å²) in [6.07, 6.45) is 0. The van der Waals surface area contributed by atoms with Crippen molar-refractivity contribution in [1.82, 2.24) is 4.72 Å². The molecule has 28 heavy (non-hydrogen) atoms. The Morgan fingerprint density at radius 3 is 2.54 bits per heavy atom. The molecule has 2 aromatic rings. The highest BCUT2D eigenvalue weighted by atomic mass is 32.2. The molecule has 0 radical (unpaired) electrons. The molecule has 0 fully saturated rings. The monoisotopic (exact) mass is 410 g/mol. The maximum atomic E-state index is 14.1. The van der Waals surface area contributed by atoms with E-state index >= 15 is 0 Å². The topological polar surface area (TPSA) is 93.7 Å². The van der Waals surface area contributed by atoms with E-state index in [1.165, 1.54) is 43.5 Å². The molecule has 0 saturated carbocycles. The van der Waals surface area contributed by atoms with Crippen molar-refractivity contribution in [3.8, 4) is 5.75 Å². The van der Waals surface area contributed by atoms with E-state index in [1.54, 1.807) is 13.8 Å². The SMILES string of the molecule is COCCOc1ccc(NC(=O)c2cccc(S(=O)(=O)NC(C)C)c2)cc1F. The number of halogens is 1. The van der Waals surface area contributed by atoms with Crippen LogP contribution in [0.1, 0.15) is 24.2 Å². The Morgan fingerprint density at radius 2 is 1.89 bits per heavy atom. The third-order valence-corrected chi connectivity index (χ3v) is 5.19. The van der Waals surface area contributed by atoms with Crippen LogP contribution in [-0.4, -0.2) is 40.7 Å². The zero-order chi connectivity index (χ0) is 20.7. The number of rotatable bonds is 9. The molecule has 0 spiro atoms. The second kappa shape index (κ2) is 9.63. The Bertz CT molecular complexity index is 932. The molecule has 0 atom stereocenters. The fraction of sp³-hybridized carbons (Fsp3) is 0.316. The van der Waals surface area contributed by atoms with Crippen LogP contribution >= 0.6 is 0 Å². The van der Waals surface area contributed by atoms with Crippen molar-refractivity contribution in [3.63, 3.8) is 0 Å². The van der Waals surface area contributed by atoms with Gasteiger partial charge in [0.2, 0.25) is 10.0 Å². The molecule has 9 heteroatoms. The van der Waals surface area contributed by atoms with Gasteiger partial charge in [-0.25, -0.2) is 17.5 Å². The minimum absolute atomic E-state index is 0.0260. The molecule has 2 aromatic carbocycles. The zero-order valence-electron chi connectivity index (χ0n) is 15.9. The molecular formula is C19H23FN2O5S. The van der Waals surface area contributed by atoms with Gasteiger partial charge in [-0.2, -0.15) is 0 Å². The Morgan fingerprint density at radius 1 is 1.14 bits per heavy atom. The number of ether oxygens (including phenoxy) is 2. The average Bonchev–Trinajstić information content (AvgIpc) is 2.63. The van der Waals surface area contributed by atoms with Crippen molar-refractivity contribution in [2.75, 3.05) is 25.6 Å². The molecule has 0 aliphatic rings. The summed E-state index contributed by atoms with van der Waals surface area (Å²) in [5, 5.41) is 2.54. The average molecular weight is 410 g/mol. The van der Waals surface area contributed by atoms with E-state index in [9.17, 15) is 17.6 Å². The third kappa shape index (κ3) is 6.01. The van der Waals surface area contributed by atoms with E-state index in [-0.39, 0.29) is 34.5 Å². The van der Waals surface area contributed by atoms with Crippen LogP contribution in [0.5, 0.6) is 5.75 Å². The van der Waals surface area contributed by atoms with Gasteiger partial charge in [-0.05, 0) is 44.2 Å². The first-order valence-electron chi connectivity index (χ1n) is 8.58. The highest BCUT2D eigenvalue weighted by molar-refractivity contribution is 7.89. The Balaban J connectivity index is 2.13. The quantitative estimate of drug-likeness (QED) is 0.620. The number of methoxy groups -OCH3 is 1. The molecule has 7 nitrogen and oxygen atoms in total. The predicted molar refractivity (Wildman–Crippen MR) is 104 cm³/mol. The van der Waals surface area contributed by atoms with Crippen molar-refractivity contribution >= 4 is 21.6 Å². The number of benzene rings is 2. The van der Waals surface area contributed by atoms with Gasteiger partial charge in [-0.3, -0.25) is 4.79 Å². The van der Waals surface area contributed by atoms with E-state index in [2.05, 4.69) is 10.0 Å². The van der Waals surface area contributed by atoms with Gasteiger partial charge < -0.3 is 14.8 Å². The van der Waals surface area contributed by atoms with Crippen LogP contribution in [0.25, 0.3) is 0 Å². The highest BCUT2D eigenvalue weighted by Gasteiger charge is 2.17. The lowest BCUT2D eigenvalue weighted by Crippen LogP contribution is -2.30. The second-order valence-corrected chi connectivity index (χ2v) is 7.96. The summed E-state index contributed by atoms with van der Waals surface area (Å²) in [6, 6.07) is 9.33. The maximum absolute atomic E-state index is 14.1. The molecule has 0 aliphatic carbocycles. The number of carbonyl (C=O) groups excluding carboxylic acids is 1. The van der Waals surface area contributed by atoms with Crippen molar-refractivity contribution in [3.05, 3.63) is 53.8 Å². The summed E-state index contributed by atoms with van der Waals surface area (Å²) in [5.74, 6) is -1.15. The summed E-state index contributed by atoms with van der Waals surface area (Å²) >= 11 is 0. The second-order valence-electron chi connectivity index (χ2n) is 6.24. The number of hydrogen-bond donors (Lipinski definition) is 2. The smallest absolute Gasteiger partial charge is 0.255 e. The van der Waals surface area contributed by atoms with E-state index < -0.39 is 21.7 Å². The van der Waals surface area contributed by atoms with E-state index in [1.807, 2.05) is 0 Å². The Hall–Kier alpha value is -2.49. The number of carbonyl (C=O) groups is 1. The standard InChI is InChI=1S/C19H23FN2O5S/c1-13(2)22-28(24,25)16-6-4-5-14(11-16)19(23)21-15-7-8-18(17(20)12-15)27-10-9-26-3/h4-8,11-13,22H,9-10H2,1-3H3,(H,21,23). The molecule has 0 bridgehead atoms. The zero-order valence-corrected chi connectivity index (χ0v) is 16.7. The van der Waals surface area contributed by atoms with Crippen LogP contribution in [0, 0.1) is 5.82 Å². The minimum Gasteiger partial charge on any atom is -0.488 e. The van der Waals surface area contributed by atoms with Crippen LogP contribution in [0.3, 0.4) is 0 Å². The van der Waals surface area contributed by atoms with Gasteiger partial charge in [0.05, 0.1) is 11.5 Å². The number of amides is 1. The molecule has 0 aliphatic heterocycles. The molecule has 0 heterocycles. The van der Waals surface area contributed by atoms with E-state index in [4.69, 9.17) is 9.47 Å². The largest absolute Gasteiger partial charge is 0.488 e. The Labute approximate surface area is 163 Å². The van der Waals surface area contributed by atoms with Crippen LogP contribution < -0.4 is 14.8 Å². The van der Waals surface area contributed by atoms with E-state index in [0.29, 0.717) is 6.61 Å². The first-order chi connectivity index (χ1) is 13.2. The lowest BCUT2D eigenvalue weighted by molar-refractivity contribution is 0.102. The van der Waals surface area contributed by atoms with Crippen molar-refractivity contribution in [1.29, 1.82) is 0 Å². The molecule has 0 unspecified atom stereocenters. The number of sulfonamides is 1. The van der Waals surface area contributed by atoms with Crippen molar-refractivity contribution in [2.45, 2.75) is 24.8 Å². The Kier molecular flexibility index (Phi) is 7.50. The van der Waals surface area contributed by atoms with Crippen LogP contribution in [-0.2, 0) is 14.8 Å². The van der Waals surface area contributed by atoms with Gasteiger partial charge in [-0.1, -0.05) is 6.07 Å². The first-order valence-corrected chi connectivity index (χ1v) is 10.1. The lowest BCUT2D eigenvalue weighted by atomic mass is 10.2. The number of anilines is 1. The van der Waals surface area contributed by atoms with Gasteiger partial charge >= 0.3 is 0 Å².